The maximum Gasteiger partial charge on any atom is 0.344 e. The van der Waals surface area contributed by atoms with Crippen LogP contribution in [0.2, 0.25) is 5.02 Å². The van der Waals surface area contributed by atoms with Crippen LogP contribution >= 0.6 is 11.6 Å². The molecule has 190 valence electrons. The van der Waals surface area contributed by atoms with E-state index in [1.165, 1.54) is 19.2 Å². The molecular weight excluding hydrogens is 490 g/mol. The molecule has 0 amide bonds. The minimum absolute atomic E-state index is 0.0191. The predicted octanol–water partition coefficient (Wildman–Crippen LogP) is 5.33. The van der Waals surface area contributed by atoms with Crippen LogP contribution in [0.15, 0.2) is 53.4 Å². The van der Waals surface area contributed by atoms with E-state index in [1.54, 1.807) is 30.3 Å². The number of sulfonamides is 1. The standard InChI is InChI=1S/C26H32ClNO6S/c1-17(2)21-12-10-18(3)14-24(21)34-25(29)16-33-26(30)22-15-20(11-13-23(22)27)35(31,32)28(4)19-8-6-5-7-9-19/h5-9,11,13,15,17-18,21,24H,10,12,14,16H2,1-4H3/t18-,21+,24+/m1/s1. The van der Waals surface area contributed by atoms with Crippen molar-refractivity contribution in [1.29, 1.82) is 0 Å². The molecule has 0 radical (unpaired) electrons. The monoisotopic (exact) mass is 521 g/mol. The Hall–Kier alpha value is -2.58. The van der Waals surface area contributed by atoms with Crippen LogP contribution in [0.5, 0.6) is 0 Å². The predicted molar refractivity (Wildman–Crippen MR) is 135 cm³/mol. The second-order valence-electron chi connectivity index (χ2n) is 9.38. The zero-order valence-electron chi connectivity index (χ0n) is 20.4. The molecule has 0 unspecified atom stereocenters. The van der Waals surface area contributed by atoms with Gasteiger partial charge in [0, 0.05) is 7.05 Å². The third-order valence-corrected chi connectivity index (χ3v) is 8.61. The first-order valence-corrected chi connectivity index (χ1v) is 13.5. The number of carbonyl (C=O) groups is 2. The second kappa shape index (κ2) is 11.4. The Balaban J connectivity index is 1.68. The second-order valence-corrected chi connectivity index (χ2v) is 11.8. The Morgan fingerprint density at radius 3 is 2.46 bits per heavy atom. The molecule has 3 atom stereocenters. The summed E-state index contributed by atoms with van der Waals surface area (Å²) in [4.78, 5) is 25.0. The van der Waals surface area contributed by atoms with Gasteiger partial charge in [0.25, 0.3) is 10.0 Å². The number of ether oxygens (including phenoxy) is 2. The summed E-state index contributed by atoms with van der Waals surface area (Å²) in [6.07, 6.45) is 2.66. The number of benzene rings is 2. The highest BCUT2D eigenvalue weighted by Gasteiger charge is 2.33. The first kappa shape index (κ1) is 27.0. The summed E-state index contributed by atoms with van der Waals surface area (Å²) >= 11 is 6.15. The highest BCUT2D eigenvalue weighted by atomic mass is 35.5. The van der Waals surface area contributed by atoms with Gasteiger partial charge in [0.15, 0.2) is 6.61 Å². The number of anilines is 1. The molecule has 9 heteroatoms. The van der Waals surface area contributed by atoms with Gasteiger partial charge in [-0.15, -0.1) is 0 Å². The summed E-state index contributed by atoms with van der Waals surface area (Å²) in [6.45, 7) is 5.78. The van der Waals surface area contributed by atoms with Crippen molar-refractivity contribution in [2.45, 2.75) is 51.0 Å². The summed E-state index contributed by atoms with van der Waals surface area (Å²) in [6, 6.07) is 12.3. The van der Waals surface area contributed by atoms with Crippen LogP contribution in [0.1, 0.15) is 50.4 Å². The SMILES string of the molecule is CC(C)[C@@H]1CC[C@@H](C)C[C@@H]1OC(=O)COC(=O)c1cc(S(=O)(=O)N(C)c2ccccc2)ccc1Cl. The zero-order valence-corrected chi connectivity index (χ0v) is 22.0. The van der Waals surface area contributed by atoms with Crippen molar-refractivity contribution in [3.8, 4) is 0 Å². The van der Waals surface area contributed by atoms with Crippen LogP contribution in [0.3, 0.4) is 0 Å². The molecule has 0 aliphatic heterocycles. The van der Waals surface area contributed by atoms with Crippen molar-refractivity contribution in [3.05, 3.63) is 59.1 Å². The van der Waals surface area contributed by atoms with Gasteiger partial charge in [-0.1, -0.05) is 57.0 Å². The first-order valence-electron chi connectivity index (χ1n) is 11.7. The average molecular weight is 522 g/mol. The number of para-hydroxylation sites is 1. The van der Waals surface area contributed by atoms with Crippen molar-refractivity contribution in [1.82, 2.24) is 0 Å². The van der Waals surface area contributed by atoms with Gasteiger partial charge >= 0.3 is 11.9 Å². The maximum absolute atomic E-state index is 13.1. The summed E-state index contributed by atoms with van der Waals surface area (Å²) in [5.41, 5.74) is 0.319. The number of esters is 2. The summed E-state index contributed by atoms with van der Waals surface area (Å²) in [5, 5.41) is 0.0191. The van der Waals surface area contributed by atoms with Gasteiger partial charge < -0.3 is 9.47 Å². The van der Waals surface area contributed by atoms with Crippen LogP contribution in [-0.4, -0.2) is 40.1 Å². The molecule has 0 spiro atoms. The van der Waals surface area contributed by atoms with Crippen molar-refractivity contribution in [2.75, 3.05) is 18.0 Å². The lowest BCUT2D eigenvalue weighted by Gasteiger charge is -2.36. The van der Waals surface area contributed by atoms with Crippen LogP contribution < -0.4 is 4.31 Å². The average Bonchev–Trinajstić information content (AvgIpc) is 2.82. The first-order chi connectivity index (χ1) is 16.5. The number of hydrogen-bond donors (Lipinski definition) is 0. The fourth-order valence-electron chi connectivity index (χ4n) is 4.41. The lowest BCUT2D eigenvalue weighted by Crippen LogP contribution is -2.36. The smallest absolute Gasteiger partial charge is 0.344 e. The largest absolute Gasteiger partial charge is 0.460 e. The molecule has 2 aromatic rings. The minimum atomic E-state index is -3.96. The lowest BCUT2D eigenvalue weighted by molar-refractivity contribution is -0.159. The van der Waals surface area contributed by atoms with Crippen LogP contribution in [-0.2, 0) is 24.3 Å². The van der Waals surface area contributed by atoms with Crippen molar-refractivity contribution < 1.29 is 27.5 Å². The number of carbonyl (C=O) groups excluding carboxylic acids is 2. The number of rotatable bonds is 8. The van der Waals surface area contributed by atoms with Crippen molar-refractivity contribution in [3.63, 3.8) is 0 Å². The molecule has 0 saturated heterocycles. The highest BCUT2D eigenvalue weighted by Crippen LogP contribution is 2.35. The molecule has 7 nitrogen and oxygen atoms in total. The highest BCUT2D eigenvalue weighted by molar-refractivity contribution is 7.92. The molecule has 1 fully saturated rings. The van der Waals surface area contributed by atoms with Crippen LogP contribution in [0.25, 0.3) is 0 Å². The number of halogens is 1. The van der Waals surface area contributed by atoms with Gasteiger partial charge in [-0.3, -0.25) is 4.31 Å². The van der Waals surface area contributed by atoms with Gasteiger partial charge in [-0.2, -0.15) is 0 Å². The molecule has 35 heavy (non-hydrogen) atoms. The summed E-state index contributed by atoms with van der Waals surface area (Å²) in [7, 11) is -2.54. The molecule has 0 heterocycles. The third kappa shape index (κ3) is 6.55. The molecule has 1 aliphatic carbocycles. The molecule has 0 N–H and O–H groups in total. The fraction of sp³-hybridized carbons (Fsp3) is 0.462. The van der Waals surface area contributed by atoms with Crippen LogP contribution in [0, 0.1) is 17.8 Å². The Morgan fingerprint density at radius 2 is 1.80 bits per heavy atom. The molecule has 0 bridgehead atoms. The molecule has 2 aromatic carbocycles. The van der Waals surface area contributed by atoms with Crippen LogP contribution in [0.4, 0.5) is 5.69 Å². The Bertz CT molecular complexity index is 1150. The van der Waals surface area contributed by atoms with Crippen molar-refractivity contribution in [2.24, 2.45) is 17.8 Å². The quantitative estimate of drug-likeness (QED) is 0.436. The summed E-state index contributed by atoms with van der Waals surface area (Å²) < 4.78 is 38.1. The van der Waals surface area contributed by atoms with E-state index in [0.717, 1.165) is 29.6 Å². The zero-order chi connectivity index (χ0) is 25.8. The Kier molecular flexibility index (Phi) is 8.83. The lowest BCUT2D eigenvalue weighted by atomic mass is 9.75. The van der Waals surface area contributed by atoms with Gasteiger partial charge in [0.1, 0.15) is 6.10 Å². The van der Waals surface area contributed by atoms with Gasteiger partial charge in [-0.05, 0) is 60.9 Å². The van der Waals surface area contributed by atoms with E-state index in [0.29, 0.717) is 17.5 Å². The van der Waals surface area contributed by atoms with Crippen molar-refractivity contribution >= 4 is 39.3 Å². The number of nitrogens with zero attached hydrogens (tertiary/aromatic N) is 1. The molecule has 0 aromatic heterocycles. The summed E-state index contributed by atoms with van der Waals surface area (Å²) in [5.74, 6) is -0.428. The van der Waals surface area contributed by atoms with E-state index < -0.39 is 28.6 Å². The maximum atomic E-state index is 13.1. The van der Waals surface area contributed by atoms with E-state index in [-0.39, 0.29) is 27.5 Å². The third-order valence-electron chi connectivity index (χ3n) is 6.50. The van der Waals surface area contributed by atoms with E-state index >= 15 is 0 Å². The molecule has 1 aliphatic rings. The number of hydrogen-bond acceptors (Lipinski definition) is 6. The molecule has 3 rings (SSSR count). The fourth-order valence-corrected chi connectivity index (χ4v) is 5.83. The molecular formula is C26H32ClNO6S. The normalized spacial score (nSPS) is 20.3. The van der Waals surface area contributed by atoms with Gasteiger partial charge in [0.2, 0.25) is 0 Å². The Labute approximate surface area is 212 Å². The van der Waals surface area contributed by atoms with Gasteiger partial charge in [-0.25, -0.2) is 18.0 Å². The topological polar surface area (TPSA) is 90.0 Å². The van der Waals surface area contributed by atoms with E-state index in [2.05, 4.69) is 20.8 Å². The van der Waals surface area contributed by atoms with E-state index in [9.17, 15) is 18.0 Å². The minimum Gasteiger partial charge on any atom is -0.460 e. The van der Waals surface area contributed by atoms with Gasteiger partial charge in [0.05, 0.1) is 21.2 Å². The van der Waals surface area contributed by atoms with E-state index in [1.807, 2.05) is 0 Å². The molecule has 1 saturated carbocycles. The van der Waals surface area contributed by atoms with E-state index in [4.69, 9.17) is 21.1 Å². The Morgan fingerprint density at radius 1 is 1.11 bits per heavy atom.